The second-order valence-electron chi connectivity index (χ2n) is 7.21. The summed E-state index contributed by atoms with van der Waals surface area (Å²) in [6, 6.07) is 14.7. The van der Waals surface area contributed by atoms with Crippen LogP contribution in [0.25, 0.3) is 6.08 Å². The molecule has 0 N–H and O–H groups in total. The Morgan fingerprint density at radius 3 is 2.57 bits per heavy atom. The van der Waals surface area contributed by atoms with Crippen LogP contribution in [0.2, 0.25) is 0 Å². The van der Waals surface area contributed by atoms with E-state index < -0.39 is 5.97 Å². The quantitative estimate of drug-likeness (QED) is 0.136. The van der Waals surface area contributed by atoms with Crippen LogP contribution in [0, 0.1) is 0 Å². The largest absolute Gasteiger partial charge is 0.493 e. The third-order valence-corrected chi connectivity index (χ3v) is 6.22. The number of furan rings is 1. The minimum Gasteiger partial charge on any atom is -0.493 e. The lowest BCUT2D eigenvalue weighted by Crippen LogP contribution is -2.27. The van der Waals surface area contributed by atoms with E-state index in [0.29, 0.717) is 49.6 Å². The Morgan fingerprint density at radius 2 is 1.89 bits per heavy atom. The van der Waals surface area contributed by atoms with Gasteiger partial charge in [-0.25, -0.2) is 4.79 Å². The molecule has 0 radical (unpaired) electrons. The lowest BCUT2D eigenvalue weighted by atomic mass is 10.2. The topological polar surface area (TPSA) is 95.3 Å². The van der Waals surface area contributed by atoms with Gasteiger partial charge in [0.1, 0.15) is 22.1 Å². The van der Waals surface area contributed by atoms with Crippen molar-refractivity contribution in [2.24, 2.45) is 0 Å². The monoisotopic (exact) mass is 509 g/mol. The van der Waals surface area contributed by atoms with Gasteiger partial charge in [-0.05, 0) is 60.2 Å². The molecule has 1 aliphatic rings. The molecular weight excluding hydrogens is 490 g/mol. The highest BCUT2D eigenvalue weighted by atomic mass is 32.2. The van der Waals surface area contributed by atoms with Crippen LogP contribution in [0.1, 0.15) is 21.7 Å². The molecule has 0 atom stereocenters. The third-order valence-electron chi connectivity index (χ3n) is 4.85. The Balaban J connectivity index is 1.40. The molecule has 10 heteroatoms. The minimum absolute atomic E-state index is 0.209. The van der Waals surface area contributed by atoms with Gasteiger partial charge >= 0.3 is 5.97 Å². The summed E-state index contributed by atoms with van der Waals surface area (Å²) in [7, 11) is 1.47. The predicted molar refractivity (Wildman–Crippen MR) is 133 cm³/mol. The van der Waals surface area contributed by atoms with Gasteiger partial charge in [-0.3, -0.25) is 14.5 Å². The summed E-state index contributed by atoms with van der Waals surface area (Å²) in [4.78, 5) is 37.6. The second kappa shape index (κ2) is 11.0. The van der Waals surface area contributed by atoms with Gasteiger partial charge in [0.25, 0.3) is 5.91 Å². The molecule has 0 bridgehead atoms. The van der Waals surface area contributed by atoms with Crippen LogP contribution >= 0.6 is 24.0 Å². The van der Waals surface area contributed by atoms with Gasteiger partial charge in [-0.1, -0.05) is 30.0 Å². The highest BCUT2D eigenvalue weighted by Crippen LogP contribution is 2.35. The van der Waals surface area contributed by atoms with Crippen LogP contribution in [-0.4, -0.2) is 41.1 Å². The first-order valence-corrected chi connectivity index (χ1v) is 11.5. The summed E-state index contributed by atoms with van der Waals surface area (Å²) in [6.45, 7) is -0.0843. The first-order chi connectivity index (χ1) is 17.0. The van der Waals surface area contributed by atoms with Crippen molar-refractivity contribution in [3.63, 3.8) is 0 Å². The molecule has 0 unspecified atom stereocenters. The maximum atomic E-state index is 12.8. The van der Waals surface area contributed by atoms with E-state index in [0.717, 1.165) is 0 Å². The molecule has 1 fully saturated rings. The van der Waals surface area contributed by atoms with E-state index in [1.165, 1.54) is 35.9 Å². The van der Waals surface area contributed by atoms with Crippen molar-refractivity contribution < 1.29 is 33.0 Å². The lowest BCUT2D eigenvalue weighted by Gasteiger charge is -2.12. The van der Waals surface area contributed by atoms with Crippen molar-refractivity contribution in [1.29, 1.82) is 0 Å². The number of benzene rings is 2. The number of hydrogen-bond donors (Lipinski definition) is 0. The van der Waals surface area contributed by atoms with Crippen molar-refractivity contribution >= 4 is 52.5 Å². The molecule has 35 heavy (non-hydrogen) atoms. The Morgan fingerprint density at radius 1 is 1.11 bits per heavy atom. The fraction of sp³-hybridized carbons (Fsp3) is 0.120. The number of carbonyl (C=O) groups is 3. The molecule has 1 aromatic heterocycles. The smallest absolute Gasteiger partial charge is 0.349 e. The van der Waals surface area contributed by atoms with Crippen LogP contribution in [-0.2, 0) is 16.1 Å². The van der Waals surface area contributed by atoms with Crippen molar-refractivity contribution in [3.05, 3.63) is 82.7 Å². The van der Waals surface area contributed by atoms with Gasteiger partial charge in [-0.2, -0.15) is 0 Å². The fourth-order valence-electron chi connectivity index (χ4n) is 3.15. The average molecular weight is 510 g/mol. The molecule has 1 amide bonds. The van der Waals surface area contributed by atoms with Gasteiger partial charge in [0, 0.05) is 5.56 Å². The van der Waals surface area contributed by atoms with Crippen molar-refractivity contribution in [3.8, 4) is 17.2 Å². The molecule has 3 aromatic rings. The minimum atomic E-state index is -0.616. The normalized spacial score (nSPS) is 14.3. The molecular formula is C25H19NO7S2. The summed E-state index contributed by atoms with van der Waals surface area (Å²) in [5.74, 6) is 0.837. The zero-order chi connectivity index (χ0) is 24.8. The summed E-state index contributed by atoms with van der Waals surface area (Å²) in [6.07, 6.45) is 3.96. The molecule has 178 valence electrons. The van der Waals surface area contributed by atoms with Crippen LogP contribution in [0.3, 0.4) is 0 Å². The number of carbonyl (C=O) groups excluding carboxylic acids is 3. The summed E-state index contributed by atoms with van der Waals surface area (Å²) >= 11 is 6.56. The van der Waals surface area contributed by atoms with Crippen molar-refractivity contribution in [2.75, 3.05) is 13.7 Å². The van der Waals surface area contributed by atoms with E-state index in [9.17, 15) is 14.4 Å². The first-order valence-electron chi connectivity index (χ1n) is 10.3. The fourth-order valence-corrected chi connectivity index (χ4v) is 4.41. The highest BCUT2D eigenvalue weighted by molar-refractivity contribution is 8.26. The van der Waals surface area contributed by atoms with E-state index in [2.05, 4.69) is 0 Å². The zero-order valence-corrected chi connectivity index (χ0v) is 20.1. The number of ether oxygens (including phenoxy) is 3. The van der Waals surface area contributed by atoms with E-state index in [1.807, 2.05) is 0 Å². The standard InChI is InChI=1S/C25H19NO7S2/c1-30-21-11-17(12-22-24(29)26(25(34)35-22)13-19-3-2-10-31-19)6-9-20(21)32-15-23(28)33-18-7-4-16(14-27)5-8-18/h2-12,14H,13,15H2,1H3. The molecule has 2 aromatic carbocycles. The van der Waals surface area contributed by atoms with Gasteiger partial charge < -0.3 is 18.6 Å². The lowest BCUT2D eigenvalue weighted by molar-refractivity contribution is -0.136. The second-order valence-corrected chi connectivity index (χ2v) is 8.88. The first kappa shape index (κ1) is 24.2. The number of rotatable bonds is 9. The van der Waals surface area contributed by atoms with E-state index in [1.54, 1.807) is 54.8 Å². The SMILES string of the molecule is COc1cc(C=C2SC(=S)N(Cc3ccco3)C2=O)ccc1OCC(=O)Oc1ccc(C=O)cc1. The average Bonchev–Trinajstić information content (AvgIpc) is 3.47. The van der Waals surface area contributed by atoms with E-state index in [-0.39, 0.29) is 19.1 Å². The molecule has 1 saturated heterocycles. The highest BCUT2D eigenvalue weighted by Gasteiger charge is 2.32. The van der Waals surface area contributed by atoms with Gasteiger partial charge in [0.15, 0.2) is 18.1 Å². The molecule has 8 nitrogen and oxygen atoms in total. The number of methoxy groups -OCH3 is 1. The summed E-state index contributed by atoms with van der Waals surface area (Å²) < 4.78 is 21.9. The Hall–Kier alpha value is -3.89. The van der Waals surface area contributed by atoms with Crippen molar-refractivity contribution in [2.45, 2.75) is 6.54 Å². The predicted octanol–water partition coefficient (Wildman–Crippen LogP) is 4.49. The number of nitrogens with zero attached hydrogens (tertiary/aromatic N) is 1. The molecule has 2 heterocycles. The van der Waals surface area contributed by atoms with E-state index >= 15 is 0 Å². The Kier molecular flexibility index (Phi) is 7.64. The number of amides is 1. The van der Waals surface area contributed by atoms with Gasteiger partial charge in [-0.15, -0.1) is 0 Å². The van der Waals surface area contributed by atoms with Crippen molar-refractivity contribution in [1.82, 2.24) is 4.90 Å². The Bertz CT molecular complexity index is 1280. The zero-order valence-electron chi connectivity index (χ0n) is 18.5. The number of esters is 1. The molecule has 0 saturated carbocycles. The number of thiocarbonyl (C=S) groups is 1. The Labute approximate surface area is 210 Å². The van der Waals surface area contributed by atoms with E-state index in [4.69, 9.17) is 30.8 Å². The summed E-state index contributed by atoms with van der Waals surface area (Å²) in [5.41, 5.74) is 1.18. The van der Waals surface area contributed by atoms with Crippen LogP contribution in [0.5, 0.6) is 17.2 Å². The number of aldehydes is 1. The molecule has 4 rings (SSSR count). The van der Waals surface area contributed by atoms with Crippen LogP contribution < -0.4 is 14.2 Å². The number of hydrogen-bond acceptors (Lipinski definition) is 9. The molecule has 0 spiro atoms. The van der Waals surface area contributed by atoms with Gasteiger partial charge in [0.2, 0.25) is 0 Å². The number of thioether (sulfide) groups is 1. The maximum Gasteiger partial charge on any atom is 0.349 e. The summed E-state index contributed by atoms with van der Waals surface area (Å²) in [5, 5.41) is 0. The molecule has 0 aliphatic carbocycles. The van der Waals surface area contributed by atoms with Crippen LogP contribution in [0.15, 0.2) is 70.2 Å². The van der Waals surface area contributed by atoms with Gasteiger partial charge in [0.05, 0.1) is 24.8 Å². The molecule has 1 aliphatic heterocycles. The maximum absolute atomic E-state index is 12.8. The third kappa shape index (κ3) is 5.97. The van der Waals surface area contributed by atoms with Crippen LogP contribution in [0.4, 0.5) is 0 Å².